The zero-order valence-corrected chi connectivity index (χ0v) is 43.7. The number of H-pyrrole nitrogens is 2. The Kier molecular flexibility index (Phi) is 9.21. The summed E-state index contributed by atoms with van der Waals surface area (Å²) >= 11 is 16.8. The molecule has 5 aromatic heterocycles. The topological polar surface area (TPSA) is 31.6 Å². The molecule has 0 saturated carbocycles. The SMILES string of the molecule is CC(C)(C)c1cc2c3[se]c(c(Br)c3Br)c3cc(C(C)(C)C)cc4c5cc(C(C)(C)C)cc(c6[se]c(c(Br)c6Br)c6cc(C(C)(C)C)cc7c(c1)c2[nH]c67)c5[nH]c34. The van der Waals surface area contributed by atoms with Crippen molar-refractivity contribution < 1.29 is 0 Å². The molecule has 0 fully saturated rings. The molecule has 0 spiro atoms. The summed E-state index contributed by atoms with van der Waals surface area (Å²) in [5.74, 6) is 0. The molecule has 4 aromatic carbocycles. The van der Waals surface area contributed by atoms with Gasteiger partial charge in [-0.15, -0.1) is 0 Å². The zero-order valence-electron chi connectivity index (χ0n) is 33.9. The summed E-state index contributed by atoms with van der Waals surface area (Å²) < 4.78 is 10.1. The molecule has 288 valence electrons. The monoisotopic (exact) mass is 1130 g/mol. The van der Waals surface area contributed by atoms with E-state index >= 15 is 0 Å². The molecule has 0 unspecified atom stereocenters. The molecule has 0 aliphatic heterocycles. The van der Waals surface area contributed by atoms with Crippen LogP contribution in [0.4, 0.5) is 0 Å². The average molecular weight is 1130 g/mol. The molecule has 56 heavy (non-hydrogen) atoms. The second-order valence-electron chi connectivity index (χ2n) is 19.8. The van der Waals surface area contributed by atoms with Gasteiger partial charge < -0.3 is 0 Å². The van der Waals surface area contributed by atoms with Gasteiger partial charge in [-0.2, -0.15) is 0 Å². The Morgan fingerprint density at radius 1 is 0.321 bits per heavy atom. The van der Waals surface area contributed by atoms with Gasteiger partial charge in [0.15, 0.2) is 0 Å². The summed E-state index contributed by atoms with van der Waals surface area (Å²) in [6, 6.07) is 19.8. The van der Waals surface area contributed by atoms with Crippen molar-refractivity contribution in [2.75, 3.05) is 0 Å². The van der Waals surface area contributed by atoms with Crippen LogP contribution in [-0.2, 0) is 21.7 Å². The first kappa shape index (κ1) is 39.8. The van der Waals surface area contributed by atoms with E-state index in [4.69, 9.17) is 0 Å². The molecule has 9 rings (SSSR count). The first-order valence-electron chi connectivity index (χ1n) is 19.2. The van der Waals surface area contributed by atoms with Gasteiger partial charge in [0.2, 0.25) is 0 Å². The molecule has 0 aliphatic carbocycles. The van der Waals surface area contributed by atoms with Crippen molar-refractivity contribution in [1.29, 1.82) is 0 Å². The van der Waals surface area contributed by atoms with Gasteiger partial charge in [-0.1, -0.05) is 0 Å². The summed E-state index contributed by atoms with van der Waals surface area (Å²) in [6.07, 6.45) is 0. The maximum atomic E-state index is 4.21. The van der Waals surface area contributed by atoms with Crippen molar-refractivity contribution in [2.45, 2.75) is 105 Å². The van der Waals surface area contributed by atoms with Crippen LogP contribution in [0.2, 0.25) is 0 Å². The number of hydrogen-bond acceptors (Lipinski definition) is 0. The molecule has 8 bridgehead atoms. The molecule has 9 aromatic rings. The molecular formula is C48H46Br4N2Se2. The van der Waals surface area contributed by atoms with Crippen molar-refractivity contribution in [3.05, 3.63) is 88.7 Å². The minimum atomic E-state index is -0.0358. The summed E-state index contributed by atoms with van der Waals surface area (Å²) in [5.41, 5.74) is 10.1. The van der Waals surface area contributed by atoms with Crippen LogP contribution < -0.4 is 0 Å². The van der Waals surface area contributed by atoms with E-state index in [0.29, 0.717) is 0 Å². The molecule has 0 saturated heterocycles. The number of hydrogen-bond donors (Lipinski definition) is 2. The normalized spacial score (nSPS) is 13.7. The Morgan fingerprint density at radius 3 is 0.679 bits per heavy atom. The van der Waals surface area contributed by atoms with Gasteiger partial charge in [-0.3, -0.25) is 0 Å². The predicted octanol–water partition coefficient (Wildman–Crippen LogP) is 16.5. The number of aromatic nitrogens is 2. The summed E-state index contributed by atoms with van der Waals surface area (Å²) in [7, 11) is 0. The predicted molar refractivity (Wildman–Crippen MR) is 263 cm³/mol. The zero-order chi connectivity index (χ0) is 40.3. The van der Waals surface area contributed by atoms with Crippen LogP contribution in [-0.4, -0.2) is 39.0 Å². The van der Waals surface area contributed by atoms with Crippen molar-refractivity contribution in [1.82, 2.24) is 9.97 Å². The first-order valence-corrected chi connectivity index (χ1v) is 25.8. The van der Waals surface area contributed by atoms with Crippen LogP contribution in [0.15, 0.2) is 66.4 Å². The average Bonchev–Trinajstić information content (AvgIpc) is 3.82. The van der Waals surface area contributed by atoms with E-state index in [9.17, 15) is 0 Å². The van der Waals surface area contributed by atoms with E-state index < -0.39 is 0 Å². The van der Waals surface area contributed by atoms with E-state index in [2.05, 4.69) is 205 Å². The van der Waals surface area contributed by atoms with E-state index in [1.807, 2.05) is 0 Å². The molecule has 5 heterocycles. The Labute approximate surface area is 374 Å². The van der Waals surface area contributed by atoms with Crippen LogP contribution in [0.3, 0.4) is 0 Å². The third-order valence-electron chi connectivity index (χ3n) is 11.7. The van der Waals surface area contributed by atoms with Gasteiger partial charge in [0, 0.05) is 0 Å². The number of benzene rings is 4. The number of rotatable bonds is 0. The molecular weight excluding hydrogens is 1080 g/mol. The number of aromatic amines is 2. The number of fused-ring (bicyclic) bond motifs is 10. The van der Waals surface area contributed by atoms with Crippen LogP contribution >= 0.6 is 63.7 Å². The molecule has 0 atom stereocenters. The van der Waals surface area contributed by atoms with Gasteiger partial charge in [-0.25, -0.2) is 0 Å². The number of nitrogens with one attached hydrogen (secondary N) is 2. The molecule has 0 amide bonds. The van der Waals surface area contributed by atoms with E-state index in [0.717, 1.165) is 17.9 Å². The standard InChI is InChI=1S/C48H46Br4N2Se2/c1-45(2,3)21-13-25-26-14-22(46(4,5)6)18-30-38(26)53-37(25)29(17-21)41-33(49)34(50)42(55-41)31-19-23(47(7,8)9)15-27-28-16-24(48(10,11)12)20-32(40(28)54-39(27)31)44-36(52)35(51)43(30)56-44/h13-20,53-54H,1-12H3. The van der Waals surface area contributed by atoms with E-state index in [-0.39, 0.29) is 50.7 Å². The Morgan fingerprint density at radius 2 is 0.500 bits per heavy atom. The molecule has 2 nitrogen and oxygen atoms in total. The third kappa shape index (κ3) is 6.12. The Hall–Kier alpha value is -1.60. The van der Waals surface area contributed by atoms with Crippen LogP contribution in [0, 0.1) is 0 Å². The summed E-state index contributed by atoms with van der Waals surface area (Å²) in [4.78, 5) is 8.25. The molecule has 0 aliphatic rings. The van der Waals surface area contributed by atoms with Gasteiger partial charge in [-0.05, 0) is 0 Å². The number of halogens is 4. The Bertz CT molecular complexity index is 2790. The van der Waals surface area contributed by atoms with Crippen LogP contribution in [0.25, 0.3) is 82.2 Å². The Balaban J connectivity index is 1.68. The fourth-order valence-corrected chi connectivity index (χ4v) is 17.4. The molecule has 2 N–H and O–H groups in total. The van der Waals surface area contributed by atoms with E-state index in [1.54, 1.807) is 0 Å². The molecule has 0 radical (unpaired) electrons. The minimum absolute atomic E-state index is 0.00570. The van der Waals surface area contributed by atoms with Crippen molar-refractivity contribution >= 4 is 175 Å². The third-order valence-corrected chi connectivity index (χ3v) is 23.5. The fourth-order valence-electron chi connectivity index (χ4n) is 8.13. The van der Waals surface area contributed by atoms with E-state index in [1.165, 1.54) is 104 Å². The van der Waals surface area contributed by atoms with Crippen molar-refractivity contribution in [3.8, 4) is 0 Å². The fraction of sp³-hybridized carbons (Fsp3) is 0.333. The van der Waals surface area contributed by atoms with Crippen LogP contribution in [0.5, 0.6) is 0 Å². The summed E-state index contributed by atoms with van der Waals surface area (Å²) in [5, 5.41) is 10.4. The second-order valence-corrected chi connectivity index (χ2v) is 27.3. The summed E-state index contributed by atoms with van der Waals surface area (Å²) in [6.45, 7) is 28.1. The van der Waals surface area contributed by atoms with Gasteiger partial charge in [0.1, 0.15) is 0 Å². The van der Waals surface area contributed by atoms with Gasteiger partial charge in [0.05, 0.1) is 0 Å². The van der Waals surface area contributed by atoms with Gasteiger partial charge in [0.25, 0.3) is 0 Å². The van der Waals surface area contributed by atoms with Crippen molar-refractivity contribution in [3.63, 3.8) is 0 Å². The quantitative estimate of drug-likeness (QED) is 0.142. The maximum absolute atomic E-state index is 4.21. The van der Waals surface area contributed by atoms with Gasteiger partial charge >= 0.3 is 378 Å². The first-order chi connectivity index (χ1) is 25.9. The van der Waals surface area contributed by atoms with Crippen molar-refractivity contribution in [2.24, 2.45) is 0 Å². The second kappa shape index (κ2) is 13.0. The molecule has 8 heteroatoms. The van der Waals surface area contributed by atoms with Crippen LogP contribution in [0.1, 0.15) is 105 Å².